The third kappa shape index (κ3) is 4.06. The summed E-state index contributed by atoms with van der Waals surface area (Å²) < 4.78 is 13.3. The van der Waals surface area contributed by atoms with E-state index in [2.05, 4.69) is 5.32 Å². The van der Waals surface area contributed by atoms with Gasteiger partial charge in [-0.2, -0.15) is 0 Å². The van der Waals surface area contributed by atoms with Crippen molar-refractivity contribution in [3.05, 3.63) is 29.0 Å². The van der Waals surface area contributed by atoms with Crippen LogP contribution < -0.4 is 11.1 Å². The molecule has 0 unspecified atom stereocenters. The number of anilines is 1. The van der Waals surface area contributed by atoms with Crippen LogP contribution in [0.3, 0.4) is 0 Å². The van der Waals surface area contributed by atoms with Crippen molar-refractivity contribution in [3.63, 3.8) is 0 Å². The average molecular weight is 309 g/mol. The Hall–Kier alpha value is -0.840. The Morgan fingerprint density at radius 3 is 2.42 bits per heavy atom. The van der Waals surface area contributed by atoms with E-state index in [1.165, 1.54) is 12.1 Å². The fourth-order valence-electron chi connectivity index (χ4n) is 1.79. The normalized spacial score (nSPS) is 10.8. The predicted molar refractivity (Wildman–Crippen MR) is 79.4 cm³/mol. The van der Waals surface area contributed by atoms with Crippen LogP contribution in [-0.4, -0.2) is 12.5 Å². The quantitative estimate of drug-likeness (QED) is 0.873. The van der Waals surface area contributed by atoms with Gasteiger partial charge in [-0.15, -0.1) is 12.4 Å². The van der Waals surface area contributed by atoms with Gasteiger partial charge in [0.05, 0.1) is 10.4 Å². The molecule has 0 heterocycles. The summed E-state index contributed by atoms with van der Waals surface area (Å²) in [6, 6.07) is 4.18. The maximum Gasteiger partial charge on any atom is 0.231 e. The summed E-state index contributed by atoms with van der Waals surface area (Å²) in [7, 11) is 0. The number of hydrogen-bond donors (Lipinski definition) is 2. The summed E-state index contributed by atoms with van der Waals surface area (Å²) in [5.74, 6) is -0.738. The lowest BCUT2D eigenvalue weighted by molar-refractivity contribution is -0.125. The number of hydrogen-bond acceptors (Lipinski definition) is 2. The van der Waals surface area contributed by atoms with Gasteiger partial charge in [0, 0.05) is 12.2 Å². The van der Waals surface area contributed by atoms with Crippen molar-refractivity contribution in [2.45, 2.75) is 26.7 Å². The molecule has 6 heteroatoms. The van der Waals surface area contributed by atoms with E-state index in [0.29, 0.717) is 18.5 Å². The first kappa shape index (κ1) is 18.2. The molecule has 1 rings (SSSR count). The number of halogens is 3. The molecule has 0 aliphatic rings. The standard InChI is InChI=1S/C13H18ClFN2O.ClH/c1-3-13(4-2,8-16)12(18)17-9-5-6-10(14)11(15)7-9;/h5-7H,3-4,8,16H2,1-2H3,(H,17,18);1H. The Labute approximate surface area is 124 Å². The summed E-state index contributed by atoms with van der Waals surface area (Å²) in [6.45, 7) is 4.10. The van der Waals surface area contributed by atoms with Crippen molar-refractivity contribution in [2.24, 2.45) is 11.1 Å². The van der Waals surface area contributed by atoms with Crippen LogP contribution in [0.25, 0.3) is 0 Å². The number of benzene rings is 1. The summed E-state index contributed by atoms with van der Waals surface area (Å²) in [4.78, 5) is 12.2. The molecule has 1 aromatic rings. The van der Waals surface area contributed by atoms with E-state index in [9.17, 15) is 9.18 Å². The van der Waals surface area contributed by atoms with Gasteiger partial charge in [-0.3, -0.25) is 4.79 Å². The maximum atomic E-state index is 13.3. The highest BCUT2D eigenvalue weighted by atomic mass is 35.5. The third-order valence-corrected chi connectivity index (χ3v) is 3.71. The highest BCUT2D eigenvalue weighted by Crippen LogP contribution is 2.27. The Morgan fingerprint density at radius 2 is 2.00 bits per heavy atom. The van der Waals surface area contributed by atoms with E-state index in [0.717, 1.165) is 0 Å². The number of amides is 1. The van der Waals surface area contributed by atoms with Gasteiger partial charge >= 0.3 is 0 Å². The zero-order chi connectivity index (χ0) is 13.8. The number of rotatable bonds is 5. The van der Waals surface area contributed by atoms with Crippen molar-refractivity contribution < 1.29 is 9.18 Å². The Kier molecular flexibility index (Phi) is 7.34. The second-order valence-electron chi connectivity index (χ2n) is 4.27. The molecule has 0 spiro atoms. The van der Waals surface area contributed by atoms with Gasteiger partial charge in [-0.05, 0) is 31.0 Å². The van der Waals surface area contributed by atoms with Crippen molar-refractivity contribution in [1.29, 1.82) is 0 Å². The Morgan fingerprint density at radius 1 is 1.42 bits per heavy atom. The summed E-state index contributed by atoms with van der Waals surface area (Å²) >= 11 is 5.58. The molecule has 0 radical (unpaired) electrons. The van der Waals surface area contributed by atoms with Crippen LogP contribution in [0.2, 0.25) is 5.02 Å². The number of carbonyl (C=O) groups is 1. The minimum atomic E-state index is -0.601. The van der Waals surface area contributed by atoms with Gasteiger partial charge in [0.15, 0.2) is 0 Å². The van der Waals surface area contributed by atoms with Crippen LogP contribution in [0.15, 0.2) is 18.2 Å². The first-order valence-electron chi connectivity index (χ1n) is 5.95. The molecule has 0 atom stereocenters. The molecular formula is C13H19Cl2FN2O. The Balaban J connectivity index is 0.00000324. The first-order valence-corrected chi connectivity index (χ1v) is 6.33. The largest absolute Gasteiger partial charge is 0.329 e. The molecule has 1 amide bonds. The van der Waals surface area contributed by atoms with Crippen molar-refractivity contribution >= 4 is 35.6 Å². The topological polar surface area (TPSA) is 55.1 Å². The van der Waals surface area contributed by atoms with E-state index in [-0.39, 0.29) is 29.9 Å². The highest BCUT2D eigenvalue weighted by Gasteiger charge is 2.33. The van der Waals surface area contributed by atoms with E-state index >= 15 is 0 Å². The van der Waals surface area contributed by atoms with Crippen LogP contribution in [-0.2, 0) is 4.79 Å². The van der Waals surface area contributed by atoms with Gasteiger partial charge in [-0.1, -0.05) is 25.4 Å². The molecule has 0 aliphatic carbocycles. The van der Waals surface area contributed by atoms with E-state index in [1.54, 1.807) is 6.07 Å². The molecule has 0 saturated carbocycles. The molecule has 3 N–H and O–H groups in total. The van der Waals surface area contributed by atoms with Gasteiger partial charge < -0.3 is 11.1 Å². The monoisotopic (exact) mass is 308 g/mol. The number of carbonyl (C=O) groups excluding carboxylic acids is 1. The molecule has 1 aromatic carbocycles. The predicted octanol–water partition coefficient (Wildman–Crippen LogP) is 3.60. The molecule has 0 bridgehead atoms. The molecule has 0 fully saturated rings. The van der Waals surface area contributed by atoms with Gasteiger partial charge in [-0.25, -0.2) is 4.39 Å². The molecule has 108 valence electrons. The van der Waals surface area contributed by atoms with E-state index in [4.69, 9.17) is 17.3 Å². The average Bonchev–Trinajstić information content (AvgIpc) is 2.37. The first-order chi connectivity index (χ1) is 8.49. The minimum Gasteiger partial charge on any atom is -0.329 e. The van der Waals surface area contributed by atoms with E-state index < -0.39 is 11.2 Å². The summed E-state index contributed by atoms with van der Waals surface area (Å²) in [5.41, 5.74) is 5.47. The molecule has 0 saturated heterocycles. The van der Waals surface area contributed by atoms with Crippen molar-refractivity contribution in [3.8, 4) is 0 Å². The number of nitrogens with one attached hydrogen (secondary N) is 1. The SMILES string of the molecule is CCC(CC)(CN)C(=O)Nc1ccc(Cl)c(F)c1.Cl. The van der Waals surface area contributed by atoms with Gasteiger partial charge in [0.25, 0.3) is 0 Å². The zero-order valence-corrected chi connectivity index (χ0v) is 12.6. The van der Waals surface area contributed by atoms with Crippen LogP contribution >= 0.6 is 24.0 Å². The number of nitrogens with two attached hydrogens (primary N) is 1. The van der Waals surface area contributed by atoms with Gasteiger partial charge in [0.2, 0.25) is 5.91 Å². The van der Waals surface area contributed by atoms with Crippen LogP contribution in [0.4, 0.5) is 10.1 Å². The smallest absolute Gasteiger partial charge is 0.231 e. The van der Waals surface area contributed by atoms with Crippen LogP contribution in [0.5, 0.6) is 0 Å². The van der Waals surface area contributed by atoms with Crippen LogP contribution in [0.1, 0.15) is 26.7 Å². The van der Waals surface area contributed by atoms with E-state index in [1.807, 2.05) is 13.8 Å². The molecular weight excluding hydrogens is 290 g/mol. The fraction of sp³-hybridized carbons (Fsp3) is 0.462. The summed E-state index contributed by atoms with van der Waals surface area (Å²) in [6.07, 6.45) is 1.28. The minimum absolute atomic E-state index is 0. The van der Waals surface area contributed by atoms with Crippen molar-refractivity contribution in [2.75, 3.05) is 11.9 Å². The lowest BCUT2D eigenvalue weighted by Crippen LogP contribution is -2.41. The third-order valence-electron chi connectivity index (χ3n) is 3.40. The lowest BCUT2D eigenvalue weighted by atomic mass is 9.81. The molecule has 3 nitrogen and oxygen atoms in total. The molecule has 0 aliphatic heterocycles. The second-order valence-corrected chi connectivity index (χ2v) is 4.68. The second kappa shape index (κ2) is 7.68. The highest BCUT2D eigenvalue weighted by molar-refractivity contribution is 6.30. The van der Waals surface area contributed by atoms with Crippen LogP contribution in [0, 0.1) is 11.2 Å². The van der Waals surface area contributed by atoms with Crippen molar-refractivity contribution in [1.82, 2.24) is 0 Å². The fourth-order valence-corrected chi connectivity index (χ4v) is 1.91. The molecule has 0 aromatic heterocycles. The van der Waals surface area contributed by atoms with Gasteiger partial charge in [0.1, 0.15) is 5.82 Å². The molecule has 19 heavy (non-hydrogen) atoms. The zero-order valence-electron chi connectivity index (χ0n) is 11.0. The lowest BCUT2D eigenvalue weighted by Gasteiger charge is -2.28. The summed E-state index contributed by atoms with van der Waals surface area (Å²) in [5, 5.41) is 2.72. The maximum absolute atomic E-state index is 13.3. The Bertz CT molecular complexity index is 428.